The van der Waals surface area contributed by atoms with Crippen LogP contribution in [0, 0.1) is 19.9 Å². The predicted molar refractivity (Wildman–Crippen MR) is 64.3 cm³/mol. The predicted octanol–water partition coefficient (Wildman–Crippen LogP) is 4.31. The number of hydrogen-bond donors (Lipinski definition) is 0. The maximum Gasteiger partial charge on any atom is 2.00 e. The van der Waals surface area contributed by atoms with Crippen molar-refractivity contribution in [2.75, 3.05) is 0 Å². The second-order valence-corrected chi connectivity index (χ2v) is 3.54. The Balaban J connectivity index is 0. The fraction of sp³-hybridized carbons (Fsp3) is 0.357. The average molecular weight is 289 g/mol. The summed E-state index contributed by atoms with van der Waals surface area (Å²) in [5.74, 6) is 0.633. The van der Waals surface area contributed by atoms with E-state index < -0.39 is 0 Å². The summed E-state index contributed by atoms with van der Waals surface area (Å²) in [4.78, 5) is 0. The van der Waals surface area contributed by atoms with Gasteiger partial charge in [-0.15, -0.1) is 12.7 Å². The molecule has 1 aromatic carbocycles. The van der Waals surface area contributed by atoms with Gasteiger partial charge in [0, 0.05) is 0 Å². The summed E-state index contributed by atoms with van der Waals surface area (Å²) in [7, 11) is 0. The molecule has 0 saturated heterocycles. The first-order valence-electron chi connectivity index (χ1n) is 5.00. The summed E-state index contributed by atoms with van der Waals surface area (Å²) in [5.41, 5.74) is 2.63. The molecule has 0 saturated carbocycles. The summed E-state index contributed by atoms with van der Waals surface area (Å²) in [6, 6.07) is 9.43. The summed E-state index contributed by atoms with van der Waals surface area (Å²) in [6.07, 6.45) is 2.60. The minimum atomic E-state index is 0. The van der Waals surface area contributed by atoms with Gasteiger partial charge in [-0.3, -0.25) is 0 Å². The molecule has 0 amide bonds. The van der Waals surface area contributed by atoms with Crippen molar-refractivity contribution in [1.82, 2.24) is 0 Å². The first-order valence-corrected chi connectivity index (χ1v) is 5.00. The smallest absolute Gasteiger partial charge is 0.340 e. The van der Waals surface area contributed by atoms with Gasteiger partial charge in [-0.05, 0) is 5.92 Å². The van der Waals surface area contributed by atoms with E-state index >= 15 is 0 Å². The molecular weight excluding hydrogens is 269 g/mol. The van der Waals surface area contributed by atoms with Crippen molar-refractivity contribution < 1.29 is 19.5 Å². The van der Waals surface area contributed by atoms with Gasteiger partial charge in [0.05, 0.1) is 0 Å². The zero-order chi connectivity index (χ0) is 11.0. The number of aryl methyl sites for hydroxylation is 1. The molecule has 0 unspecified atom stereocenters. The molecule has 0 aromatic heterocycles. The van der Waals surface area contributed by atoms with Crippen LogP contribution in [0.25, 0.3) is 0 Å². The van der Waals surface area contributed by atoms with Crippen molar-refractivity contribution in [3.8, 4) is 0 Å². The summed E-state index contributed by atoms with van der Waals surface area (Å²) in [6.45, 7) is 13.4. The van der Waals surface area contributed by atoms with Gasteiger partial charge in [-0.1, -0.05) is 20.8 Å². The fourth-order valence-corrected chi connectivity index (χ4v) is 0.968. The molecule has 1 rings (SSSR count). The molecule has 0 atom stereocenters. The molecule has 0 bridgehead atoms. The number of benzene rings is 1. The average Bonchev–Trinajstić information content (AvgIpc) is 2.18. The Labute approximate surface area is 108 Å². The van der Waals surface area contributed by atoms with Crippen molar-refractivity contribution in [2.24, 2.45) is 0 Å². The van der Waals surface area contributed by atoms with Crippen LogP contribution in [0.4, 0.5) is 0 Å². The summed E-state index contributed by atoms with van der Waals surface area (Å²) >= 11 is 0. The van der Waals surface area contributed by atoms with Gasteiger partial charge in [0.15, 0.2) is 0 Å². The second-order valence-electron chi connectivity index (χ2n) is 3.54. The van der Waals surface area contributed by atoms with Crippen molar-refractivity contribution in [2.45, 2.75) is 33.1 Å². The Morgan fingerprint density at radius 3 is 2.33 bits per heavy atom. The Morgan fingerprint density at radius 2 is 2.07 bits per heavy atom. The molecule has 0 fully saturated rings. The van der Waals surface area contributed by atoms with Crippen LogP contribution in [0.1, 0.15) is 37.3 Å². The SMILES string of the molecule is C=CC[CH2-].Cc1[c-]ccc(C(C)C)c1.[Ru+2]. The van der Waals surface area contributed by atoms with E-state index in [4.69, 9.17) is 0 Å². The van der Waals surface area contributed by atoms with Gasteiger partial charge in [-0.2, -0.15) is 41.8 Å². The van der Waals surface area contributed by atoms with Gasteiger partial charge >= 0.3 is 19.5 Å². The van der Waals surface area contributed by atoms with E-state index in [9.17, 15) is 0 Å². The Morgan fingerprint density at radius 1 is 1.53 bits per heavy atom. The number of rotatable bonds is 2. The fourth-order valence-electron chi connectivity index (χ4n) is 0.968. The molecule has 0 aliphatic heterocycles. The minimum absolute atomic E-state index is 0. The van der Waals surface area contributed by atoms with E-state index in [1.165, 1.54) is 11.1 Å². The molecule has 1 heteroatoms. The van der Waals surface area contributed by atoms with Crippen molar-refractivity contribution in [3.63, 3.8) is 0 Å². The van der Waals surface area contributed by atoms with Crippen molar-refractivity contribution in [1.29, 1.82) is 0 Å². The van der Waals surface area contributed by atoms with E-state index in [-0.39, 0.29) is 19.5 Å². The van der Waals surface area contributed by atoms with Gasteiger partial charge in [0.1, 0.15) is 0 Å². The molecule has 0 radical (unpaired) electrons. The van der Waals surface area contributed by atoms with Gasteiger partial charge < -0.3 is 6.92 Å². The zero-order valence-electron chi connectivity index (χ0n) is 9.86. The Kier molecular flexibility index (Phi) is 11.5. The third-order valence-corrected chi connectivity index (χ3v) is 1.84. The summed E-state index contributed by atoms with van der Waals surface area (Å²) < 4.78 is 0. The van der Waals surface area contributed by atoms with E-state index in [0.29, 0.717) is 5.92 Å². The molecule has 0 N–H and O–H groups in total. The van der Waals surface area contributed by atoms with Crippen LogP contribution in [0.5, 0.6) is 0 Å². The molecule has 0 heterocycles. The maximum atomic E-state index is 3.49. The van der Waals surface area contributed by atoms with Crippen LogP contribution < -0.4 is 0 Å². The number of hydrogen-bond acceptors (Lipinski definition) is 0. The largest absolute Gasteiger partial charge is 2.00 e. The van der Waals surface area contributed by atoms with Crippen LogP contribution in [0.2, 0.25) is 0 Å². The van der Waals surface area contributed by atoms with Crippen molar-refractivity contribution in [3.05, 3.63) is 55.0 Å². The molecule has 84 valence electrons. The van der Waals surface area contributed by atoms with Crippen LogP contribution >= 0.6 is 0 Å². The molecule has 0 nitrogen and oxygen atoms in total. The van der Waals surface area contributed by atoms with E-state index in [0.717, 1.165) is 6.42 Å². The molecular formula is C14H20Ru. The number of allylic oxidation sites excluding steroid dienone is 1. The van der Waals surface area contributed by atoms with Crippen LogP contribution in [-0.2, 0) is 19.5 Å². The standard InChI is InChI=1S/C10H13.C4H7.Ru/c1-8(2)10-6-4-5-9(3)7-10;1-3-4-2;/h4,6-8H,1-3H3;3H,1-2,4H2;/q2*-1;+2. The topological polar surface area (TPSA) is 0 Å². The third-order valence-electron chi connectivity index (χ3n) is 1.84. The van der Waals surface area contributed by atoms with E-state index in [2.05, 4.69) is 52.5 Å². The molecule has 1 aromatic rings. The Bertz CT molecular complexity index is 264. The minimum Gasteiger partial charge on any atom is -0.340 e. The van der Waals surface area contributed by atoms with Crippen LogP contribution in [0.15, 0.2) is 30.9 Å². The third kappa shape index (κ3) is 8.57. The summed E-state index contributed by atoms with van der Waals surface area (Å²) in [5, 5.41) is 0. The van der Waals surface area contributed by atoms with Gasteiger partial charge in [-0.25, -0.2) is 0 Å². The van der Waals surface area contributed by atoms with Crippen LogP contribution in [0.3, 0.4) is 0 Å². The zero-order valence-corrected chi connectivity index (χ0v) is 11.6. The monoisotopic (exact) mass is 290 g/mol. The van der Waals surface area contributed by atoms with E-state index in [1.54, 1.807) is 6.08 Å². The van der Waals surface area contributed by atoms with Crippen molar-refractivity contribution >= 4 is 0 Å². The first kappa shape index (κ1) is 17.0. The van der Waals surface area contributed by atoms with Gasteiger partial charge in [0.25, 0.3) is 0 Å². The second kappa shape index (κ2) is 10.1. The van der Waals surface area contributed by atoms with Crippen LogP contribution in [-0.4, -0.2) is 0 Å². The normalized spacial score (nSPS) is 8.60. The van der Waals surface area contributed by atoms with Gasteiger partial charge in [0.2, 0.25) is 0 Å². The molecule has 0 aliphatic rings. The molecule has 0 spiro atoms. The molecule has 15 heavy (non-hydrogen) atoms. The maximum absolute atomic E-state index is 3.49. The van der Waals surface area contributed by atoms with E-state index in [1.807, 2.05) is 6.07 Å². The Hall–Kier alpha value is -0.417. The first-order chi connectivity index (χ1) is 6.61. The molecule has 0 aliphatic carbocycles. The quantitative estimate of drug-likeness (QED) is 0.432.